The van der Waals surface area contributed by atoms with Crippen LogP contribution in [0, 0.1) is 11.8 Å². The molecule has 1 aliphatic carbocycles. The fraction of sp³-hybridized carbons (Fsp3) is 0.857. The molecule has 2 aliphatic rings. The van der Waals surface area contributed by atoms with Gasteiger partial charge in [0.2, 0.25) is 0 Å². The summed E-state index contributed by atoms with van der Waals surface area (Å²) in [5, 5.41) is 17.7. The molecule has 0 amide bonds. The van der Waals surface area contributed by atoms with Gasteiger partial charge in [-0.05, 0) is 37.5 Å². The molecule has 2 fully saturated rings. The lowest BCUT2D eigenvalue weighted by Gasteiger charge is -2.28. The van der Waals surface area contributed by atoms with E-state index in [1.165, 1.54) is 6.42 Å². The van der Waals surface area contributed by atoms with Gasteiger partial charge in [-0.2, -0.15) is 0 Å². The number of ether oxygens (including phenoxy) is 1. The fourth-order valence-corrected chi connectivity index (χ4v) is 3.50. The van der Waals surface area contributed by atoms with Crippen LogP contribution in [-0.4, -0.2) is 33.9 Å². The van der Waals surface area contributed by atoms with Crippen molar-refractivity contribution in [1.82, 2.24) is 0 Å². The monoisotopic (exact) mass is 270 g/mol. The molecule has 1 heterocycles. The number of carboxylic acids is 2. The van der Waals surface area contributed by atoms with Gasteiger partial charge < -0.3 is 14.9 Å². The molecule has 0 aromatic heterocycles. The predicted molar refractivity (Wildman–Crippen MR) is 67.8 cm³/mol. The number of carbonyl (C=O) groups is 2. The van der Waals surface area contributed by atoms with Crippen LogP contribution in [0.15, 0.2) is 0 Å². The van der Waals surface area contributed by atoms with Crippen LogP contribution < -0.4 is 0 Å². The molecule has 19 heavy (non-hydrogen) atoms. The zero-order valence-electron chi connectivity index (χ0n) is 11.3. The van der Waals surface area contributed by atoms with E-state index in [4.69, 9.17) is 14.9 Å². The highest BCUT2D eigenvalue weighted by atomic mass is 16.6. The van der Waals surface area contributed by atoms with Crippen molar-refractivity contribution in [3.63, 3.8) is 0 Å². The first kappa shape index (κ1) is 14.3. The third-order valence-electron chi connectivity index (χ3n) is 4.62. The first-order valence-corrected chi connectivity index (χ1v) is 7.05. The van der Waals surface area contributed by atoms with Gasteiger partial charge in [0.05, 0.1) is 11.7 Å². The van der Waals surface area contributed by atoms with Crippen LogP contribution in [0.3, 0.4) is 0 Å². The van der Waals surface area contributed by atoms with Crippen molar-refractivity contribution in [2.24, 2.45) is 11.8 Å². The maximum absolute atomic E-state index is 10.9. The average Bonchev–Trinajstić information content (AvgIpc) is 3.01. The van der Waals surface area contributed by atoms with Crippen molar-refractivity contribution in [1.29, 1.82) is 0 Å². The molecule has 0 aromatic rings. The third kappa shape index (κ3) is 3.26. The van der Waals surface area contributed by atoms with Gasteiger partial charge in [-0.3, -0.25) is 9.59 Å². The lowest BCUT2D eigenvalue weighted by Crippen LogP contribution is -2.32. The van der Waals surface area contributed by atoms with Gasteiger partial charge >= 0.3 is 11.9 Å². The third-order valence-corrected chi connectivity index (χ3v) is 4.62. The van der Waals surface area contributed by atoms with E-state index in [1.54, 1.807) is 0 Å². The molecule has 1 aliphatic heterocycles. The van der Waals surface area contributed by atoms with E-state index in [2.05, 4.69) is 6.92 Å². The van der Waals surface area contributed by atoms with E-state index in [1.807, 2.05) is 0 Å². The van der Waals surface area contributed by atoms with E-state index in [-0.39, 0.29) is 30.5 Å². The zero-order chi connectivity index (χ0) is 14.0. The number of rotatable bonds is 7. The van der Waals surface area contributed by atoms with Crippen LogP contribution in [0.5, 0.6) is 0 Å². The van der Waals surface area contributed by atoms with Crippen molar-refractivity contribution in [3.8, 4) is 0 Å². The van der Waals surface area contributed by atoms with Crippen LogP contribution in [0.25, 0.3) is 0 Å². The molecule has 2 rings (SSSR count). The van der Waals surface area contributed by atoms with Crippen molar-refractivity contribution >= 4 is 11.9 Å². The zero-order valence-corrected chi connectivity index (χ0v) is 11.3. The maximum Gasteiger partial charge on any atom is 0.303 e. The molecule has 2 N–H and O–H groups in total. The number of aliphatic carboxylic acids is 2. The Hall–Kier alpha value is -1.10. The van der Waals surface area contributed by atoms with Crippen molar-refractivity contribution in [3.05, 3.63) is 0 Å². The topological polar surface area (TPSA) is 87.1 Å². The largest absolute Gasteiger partial charge is 0.481 e. The number of epoxide rings is 1. The Kier molecular flexibility index (Phi) is 4.13. The number of fused-ring (bicyclic) bond motifs is 1. The molecule has 0 bridgehead atoms. The highest BCUT2D eigenvalue weighted by Crippen LogP contribution is 2.55. The summed E-state index contributed by atoms with van der Waals surface area (Å²) in [5.41, 5.74) is -0.156. The van der Waals surface area contributed by atoms with E-state index in [0.29, 0.717) is 18.8 Å². The van der Waals surface area contributed by atoms with Gasteiger partial charge in [0.25, 0.3) is 0 Å². The van der Waals surface area contributed by atoms with Crippen LogP contribution in [-0.2, 0) is 14.3 Å². The lowest BCUT2D eigenvalue weighted by molar-refractivity contribution is -0.140. The standard InChI is InChI=1S/C14H22O5/c1-9-3-2-4-11-14(9,19-11)8-10(7-13(17)18)5-6-12(15)16/h9-11H,2-8H2,1H3,(H,15,16)(H,17,18). The molecule has 4 atom stereocenters. The molecule has 108 valence electrons. The highest BCUT2D eigenvalue weighted by Gasteiger charge is 2.61. The Labute approximate surface area is 112 Å². The number of hydrogen-bond acceptors (Lipinski definition) is 3. The molecule has 1 saturated heterocycles. The van der Waals surface area contributed by atoms with Crippen molar-refractivity contribution in [2.75, 3.05) is 0 Å². The summed E-state index contributed by atoms with van der Waals surface area (Å²) in [4.78, 5) is 21.6. The molecule has 0 aromatic carbocycles. The van der Waals surface area contributed by atoms with E-state index in [9.17, 15) is 9.59 Å². The summed E-state index contributed by atoms with van der Waals surface area (Å²) in [6.45, 7) is 2.16. The van der Waals surface area contributed by atoms with Gasteiger partial charge in [0, 0.05) is 12.8 Å². The second-order valence-electron chi connectivity index (χ2n) is 5.99. The van der Waals surface area contributed by atoms with Gasteiger partial charge in [-0.25, -0.2) is 0 Å². The molecule has 1 saturated carbocycles. The first-order chi connectivity index (χ1) is 8.94. The molecule has 4 unspecified atom stereocenters. The van der Waals surface area contributed by atoms with Crippen LogP contribution in [0.1, 0.15) is 51.9 Å². The highest BCUT2D eigenvalue weighted by molar-refractivity contribution is 5.68. The van der Waals surface area contributed by atoms with Crippen molar-refractivity contribution in [2.45, 2.75) is 63.6 Å². The number of carboxylic acid groups (broad SMARTS) is 2. The van der Waals surface area contributed by atoms with Crippen LogP contribution in [0.4, 0.5) is 0 Å². The Morgan fingerprint density at radius 2 is 2.05 bits per heavy atom. The van der Waals surface area contributed by atoms with Gasteiger partial charge in [0.1, 0.15) is 0 Å². The Bertz CT molecular complexity index is 367. The second kappa shape index (κ2) is 5.49. The second-order valence-corrected chi connectivity index (χ2v) is 5.99. The summed E-state index contributed by atoms with van der Waals surface area (Å²) >= 11 is 0. The maximum atomic E-state index is 10.9. The molecule has 5 heteroatoms. The summed E-state index contributed by atoms with van der Waals surface area (Å²) in [6, 6.07) is 0. The SMILES string of the molecule is CC1CCCC2OC12CC(CCC(=O)O)CC(=O)O. The Morgan fingerprint density at radius 1 is 1.32 bits per heavy atom. The molecular formula is C14H22O5. The minimum Gasteiger partial charge on any atom is -0.481 e. The van der Waals surface area contributed by atoms with E-state index < -0.39 is 11.9 Å². The molecule has 0 spiro atoms. The normalized spacial score (nSPS) is 34.4. The fourth-order valence-electron chi connectivity index (χ4n) is 3.50. The van der Waals surface area contributed by atoms with E-state index >= 15 is 0 Å². The van der Waals surface area contributed by atoms with E-state index in [0.717, 1.165) is 12.8 Å². The van der Waals surface area contributed by atoms with Crippen molar-refractivity contribution < 1.29 is 24.5 Å². The Morgan fingerprint density at radius 3 is 2.63 bits per heavy atom. The number of hydrogen-bond donors (Lipinski definition) is 2. The van der Waals surface area contributed by atoms with Gasteiger partial charge in [0.15, 0.2) is 0 Å². The minimum absolute atomic E-state index is 0.0348. The Balaban J connectivity index is 1.95. The smallest absolute Gasteiger partial charge is 0.303 e. The first-order valence-electron chi connectivity index (χ1n) is 7.05. The predicted octanol–water partition coefficient (Wildman–Crippen LogP) is 2.29. The van der Waals surface area contributed by atoms with Gasteiger partial charge in [-0.1, -0.05) is 13.3 Å². The molecular weight excluding hydrogens is 248 g/mol. The quantitative estimate of drug-likeness (QED) is 0.693. The average molecular weight is 270 g/mol. The van der Waals surface area contributed by atoms with Crippen LogP contribution >= 0.6 is 0 Å². The molecule has 0 radical (unpaired) electrons. The van der Waals surface area contributed by atoms with Crippen LogP contribution in [0.2, 0.25) is 0 Å². The summed E-state index contributed by atoms with van der Waals surface area (Å²) < 4.78 is 5.86. The summed E-state index contributed by atoms with van der Waals surface area (Å²) in [6.07, 6.45) is 4.82. The molecule has 5 nitrogen and oxygen atoms in total. The summed E-state index contributed by atoms with van der Waals surface area (Å²) in [5.74, 6) is -1.36. The van der Waals surface area contributed by atoms with Gasteiger partial charge in [-0.15, -0.1) is 0 Å². The summed E-state index contributed by atoms with van der Waals surface area (Å²) in [7, 11) is 0. The lowest BCUT2D eigenvalue weighted by atomic mass is 9.74. The minimum atomic E-state index is -0.863.